The second kappa shape index (κ2) is 6.87. The first-order valence-corrected chi connectivity index (χ1v) is 7.69. The Morgan fingerprint density at radius 3 is 2.90 bits per heavy atom. The second-order valence-corrected chi connectivity index (χ2v) is 5.68. The Morgan fingerprint density at radius 1 is 1.24 bits per heavy atom. The third kappa shape index (κ3) is 3.53. The number of hydrogen-bond acceptors (Lipinski definition) is 6. The van der Waals surface area contributed by atoms with Crippen molar-refractivity contribution in [2.75, 3.05) is 0 Å². The minimum atomic E-state index is -3.92. The van der Waals surface area contributed by atoms with E-state index in [-0.39, 0.29) is 4.68 Å². The molecule has 0 saturated carbocycles. The number of halogens is 2. The number of hydrogen-bond donors (Lipinski definition) is 0. The van der Waals surface area contributed by atoms with Gasteiger partial charge in [0.15, 0.2) is 17.3 Å². The number of aromatic nitrogens is 7. The molecule has 4 aromatic rings. The fourth-order valence-corrected chi connectivity index (χ4v) is 2.37. The quantitative estimate of drug-likeness (QED) is 0.510. The first-order chi connectivity index (χ1) is 19.8. The van der Waals surface area contributed by atoms with Crippen LogP contribution in [0.5, 0.6) is 5.88 Å². The van der Waals surface area contributed by atoms with Gasteiger partial charge in [0, 0.05) is 29.0 Å². The van der Waals surface area contributed by atoms with E-state index in [1.807, 2.05) is 0 Å². The normalized spacial score (nSPS) is 21.8. The van der Waals surface area contributed by atoms with Crippen LogP contribution in [0.3, 0.4) is 0 Å². The Hall–Kier alpha value is -3.43. The molecule has 8 nitrogen and oxygen atoms in total. The van der Waals surface area contributed by atoms with Crippen LogP contribution in [-0.4, -0.2) is 34.6 Å². The molecule has 0 bridgehead atoms. The number of nitrogens with zero attached hydrogens (tertiary/aromatic N) is 7. The highest BCUT2D eigenvalue weighted by molar-refractivity contribution is 5.60. The minimum Gasteiger partial charge on any atom is -0.468 e. The molecule has 0 atom stereocenters. The van der Waals surface area contributed by atoms with Crippen LogP contribution in [0.2, 0.25) is 0 Å². The van der Waals surface area contributed by atoms with E-state index < -0.39 is 91.7 Å². The van der Waals surface area contributed by atoms with Crippen LogP contribution >= 0.6 is 0 Å². The van der Waals surface area contributed by atoms with Crippen LogP contribution in [-0.2, 0) is 18.9 Å². The number of rotatable bonds is 4. The maximum Gasteiger partial charge on any atom is 0.236 e. The summed E-state index contributed by atoms with van der Waals surface area (Å²) in [4.78, 5) is 3.40. The zero-order valence-electron chi connectivity index (χ0n) is 29.1. The number of ether oxygens (including phenoxy) is 1. The van der Waals surface area contributed by atoms with Gasteiger partial charge in [-0.05, 0) is 29.7 Å². The van der Waals surface area contributed by atoms with Crippen molar-refractivity contribution in [1.82, 2.24) is 34.6 Å². The third-order valence-corrected chi connectivity index (χ3v) is 3.67. The third-order valence-electron chi connectivity index (χ3n) is 3.67. The molecule has 0 amide bonds. The lowest BCUT2D eigenvalue weighted by Gasteiger charge is -2.21. The molecule has 4 rings (SSSR count). The van der Waals surface area contributed by atoms with Gasteiger partial charge in [-0.3, -0.25) is 4.68 Å². The van der Waals surface area contributed by atoms with E-state index in [0.29, 0.717) is 16.6 Å². The van der Waals surface area contributed by atoms with Crippen molar-refractivity contribution in [2.45, 2.75) is 32.5 Å². The molecule has 0 spiro atoms. The van der Waals surface area contributed by atoms with Crippen molar-refractivity contribution in [1.29, 1.82) is 0 Å². The van der Waals surface area contributed by atoms with Crippen molar-refractivity contribution in [3.05, 3.63) is 53.6 Å². The summed E-state index contributed by atoms with van der Waals surface area (Å²) in [6, 6.07) is 2.73. The molecule has 29 heavy (non-hydrogen) atoms. The maximum absolute atomic E-state index is 14.7. The second-order valence-electron chi connectivity index (χ2n) is 5.68. The van der Waals surface area contributed by atoms with Gasteiger partial charge in [-0.1, -0.05) is 20.6 Å². The molecule has 0 unspecified atom stereocenters. The Labute approximate surface area is 186 Å². The fourth-order valence-electron chi connectivity index (χ4n) is 2.37. The molecule has 150 valence electrons. The molecule has 0 saturated heterocycles. The Kier molecular flexibility index (Phi) is 1.93. The number of aryl methyl sites for hydroxylation is 1. The predicted octanol–water partition coefficient (Wildman–Crippen LogP) is 3.07. The summed E-state index contributed by atoms with van der Waals surface area (Å²) in [6.07, 6.45) is -0.989. The summed E-state index contributed by atoms with van der Waals surface area (Å²) < 4.78 is 154. The standard InChI is InChI=1S/C19H19F2N7O/c1-19(2,3)13-8-15-24-25-17(12-7-11(20)5-6-14(12)21)28(15)26-18(13)29-9-16-22-10-23-27(16)4/h5-8,10H,9H2,1-4H3/i1D3,2D3,3D3,4D3,9D2,10D. The molecule has 10 heteroatoms. The van der Waals surface area contributed by atoms with Crippen LogP contribution < -0.4 is 4.74 Å². The highest BCUT2D eigenvalue weighted by Gasteiger charge is 2.24. The molecule has 0 N–H and O–H groups in total. The topological polar surface area (TPSA) is 83.0 Å². The van der Waals surface area contributed by atoms with Crippen molar-refractivity contribution in [2.24, 2.45) is 6.98 Å². The maximum atomic E-state index is 14.7. The summed E-state index contributed by atoms with van der Waals surface area (Å²) in [5.41, 5.74) is -6.28. The Balaban J connectivity index is 2.14. The van der Waals surface area contributed by atoms with E-state index >= 15 is 0 Å². The van der Waals surface area contributed by atoms with E-state index in [4.69, 9.17) is 25.3 Å². The Morgan fingerprint density at radius 2 is 2.10 bits per heavy atom. The summed E-state index contributed by atoms with van der Waals surface area (Å²) in [5.74, 6) is -5.15. The molecule has 3 aromatic heterocycles. The zero-order valence-corrected chi connectivity index (χ0v) is 14.1. The number of fused-ring (bicyclic) bond motifs is 1. The summed E-state index contributed by atoms with van der Waals surface area (Å²) in [7, 11) is 0. The van der Waals surface area contributed by atoms with Gasteiger partial charge < -0.3 is 4.74 Å². The lowest BCUT2D eigenvalue weighted by molar-refractivity contribution is 0.266. The molecule has 3 heterocycles. The molecular weight excluding hydrogens is 380 g/mol. The molecule has 0 fully saturated rings. The highest BCUT2D eigenvalue weighted by atomic mass is 19.1. The average molecular weight is 414 g/mol. The van der Waals surface area contributed by atoms with Crippen molar-refractivity contribution < 1.29 is 34.1 Å². The Bertz CT molecular complexity index is 1690. The molecule has 0 aliphatic rings. The average Bonchev–Trinajstić information content (AvgIpc) is 3.42. The minimum absolute atomic E-state index is 0.00954. The zero-order chi connectivity index (χ0) is 33.4. The van der Waals surface area contributed by atoms with Gasteiger partial charge in [0.25, 0.3) is 0 Å². The van der Waals surface area contributed by atoms with Gasteiger partial charge in [0.1, 0.15) is 25.9 Å². The van der Waals surface area contributed by atoms with Gasteiger partial charge in [-0.2, -0.15) is 9.61 Å². The van der Waals surface area contributed by atoms with E-state index in [1.165, 1.54) is 0 Å². The summed E-state index contributed by atoms with van der Waals surface area (Å²) in [6.45, 7) is -18.5. The van der Waals surface area contributed by atoms with Crippen LogP contribution in [0.25, 0.3) is 17.0 Å². The molecule has 0 aliphatic heterocycles. The highest BCUT2D eigenvalue weighted by Crippen LogP contribution is 2.32. The van der Waals surface area contributed by atoms with Gasteiger partial charge in [0.2, 0.25) is 5.88 Å². The monoisotopic (exact) mass is 414 g/mol. The largest absolute Gasteiger partial charge is 0.468 e. The van der Waals surface area contributed by atoms with E-state index in [0.717, 1.165) is 12.1 Å². The smallest absolute Gasteiger partial charge is 0.236 e. The first-order valence-electron chi connectivity index (χ1n) is 15.2. The molecule has 0 aliphatic carbocycles. The lowest BCUT2D eigenvalue weighted by Crippen LogP contribution is -2.17. The SMILES string of the molecule is [2H]c1nc(C([2H])([2H])Oc2nn3c(-c4cc(F)ccc4F)nnc3cc2C(C([2H])([2H])[2H])(C([2H])([2H])[2H])C([2H])([2H])[2H])n(C([2H])([2H])[2H])n1. The van der Waals surface area contributed by atoms with Crippen LogP contribution in [0.4, 0.5) is 8.78 Å². The van der Waals surface area contributed by atoms with Crippen molar-refractivity contribution in [3.63, 3.8) is 0 Å². The van der Waals surface area contributed by atoms with Gasteiger partial charge >= 0.3 is 0 Å². The van der Waals surface area contributed by atoms with E-state index in [1.54, 1.807) is 0 Å². The van der Waals surface area contributed by atoms with Crippen LogP contribution in [0.1, 0.15) is 52.5 Å². The lowest BCUT2D eigenvalue weighted by atomic mass is 9.88. The molecule has 1 aromatic carbocycles. The van der Waals surface area contributed by atoms with Gasteiger partial charge in [-0.15, -0.1) is 15.3 Å². The van der Waals surface area contributed by atoms with Gasteiger partial charge in [-0.25, -0.2) is 13.8 Å². The first kappa shape index (κ1) is 8.13. The van der Waals surface area contributed by atoms with Crippen molar-refractivity contribution >= 4 is 5.65 Å². The fraction of sp³-hybridized carbons (Fsp3) is 0.316. The van der Waals surface area contributed by atoms with Crippen molar-refractivity contribution in [3.8, 4) is 17.3 Å². The van der Waals surface area contributed by atoms with E-state index in [9.17, 15) is 8.78 Å². The summed E-state index contributed by atoms with van der Waals surface area (Å²) in [5, 5.41) is 14.5. The predicted molar refractivity (Wildman–Crippen MR) is 100 cm³/mol. The number of benzene rings is 1. The van der Waals surface area contributed by atoms with Crippen LogP contribution in [0, 0.1) is 11.6 Å². The summed E-state index contributed by atoms with van der Waals surface area (Å²) >= 11 is 0. The van der Waals surface area contributed by atoms with Crippen LogP contribution in [0.15, 0.2) is 30.6 Å². The molecule has 0 radical (unpaired) electrons. The molecular formula is C19H19F2N7O. The van der Waals surface area contributed by atoms with E-state index in [2.05, 4.69) is 25.4 Å². The van der Waals surface area contributed by atoms with Gasteiger partial charge in [0.05, 0.1) is 8.30 Å².